The fourth-order valence-corrected chi connectivity index (χ4v) is 2.99. The van der Waals surface area contributed by atoms with Gasteiger partial charge >= 0.3 is 11.9 Å². The van der Waals surface area contributed by atoms with E-state index in [-0.39, 0.29) is 4.99 Å². The number of likely N-dealkylation sites (N-methyl/N-ethyl adjacent to an activating group) is 1. The molecule has 2 fully saturated rings. The number of rotatable bonds is 4. The summed E-state index contributed by atoms with van der Waals surface area (Å²) in [7, 11) is 2.11. The fourth-order valence-electron chi connectivity index (χ4n) is 2.77. The first-order valence-electron chi connectivity index (χ1n) is 8.53. The van der Waals surface area contributed by atoms with E-state index in [1.165, 1.54) is 13.8 Å². The average Bonchev–Trinajstić information content (AvgIpc) is 2.53. The summed E-state index contributed by atoms with van der Waals surface area (Å²) in [5, 5.41) is 9.08. The smallest absolute Gasteiger partial charge is 0.323 e. The number of ether oxygens (including phenoxy) is 3. The molecule has 0 bridgehead atoms. The van der Waals surface area contributed by atoms with Crippen LogP contribution in [0.1, 0.15) is 27.2 Å². The number of hydrogen-bond donors (Lipinski definition) is 1. The van der Waals surface area contributed by atoms with Gasteiger partial charge in [-0.3, -0.25) is 9.59 Å². The number of esters is 2. The van der Waals surface area contributed by atoms with Gasteiger partial charge in [0.1, 0.15) is 5.92 Å². The molecule has 2 saturated heterocycles. The van der Waals surface area contributed by atoms with E-state index in [0.29, 0.717) is 6.42 Å². The molecule has 0 aromatic carbocycles. The fraction of sp³-hybridized carbons (Fsp3) is 0.765. The van der Waals surface area contributed by atoms with E-state index in [0.717, 1.165) is 26.3 Å². The molecule has 0 radical (unpaired) electrons. The molecule has 0 aromatic rings. The number of morpholine rings is 1. The molecule has 2 aliphatic rings. The lowest BCUT2D eigenvalue weighted by atomic mass is 9.79. The minimum absolute atomic E-state index is 0.0419. The molecular formula is C17H27N3O5S. The minimum Gasteiger partial charge on any atom is -0.422 e. The van der Waals surface area contributed by atoms with E-state index in [2.05, 4.69) is 11.9 Å². The van der Waals surface area contributed by atoms with E-state index in [9.17, 15) is 9.59 Å². The first-order valence-corrected chi connectivity index (χ1v) is 8.94. The Morgan fingerprint density at radius 3 is 2.15 bits per heavy atom. The summed E-state index contributed by atoms with van der Waals surface area (Å²) in [6.45, 7) is 8.70. The second-order valence-corrected chi connectivity index (χ2v) is 7.19. The predicted octanol–water partition coefficient (Wildman–Crippen LogP) is 0.839. The van der Waals surface area contributed by atoms with Gasteiger partial charge < -0.3 is 24.8 Å². The molecule has 26 heavy (non-hydrogen) atoms. The van der Waals surface area contributed by atoms with E-state index in [1.54, 1.807) is 6.92 Å². The summed E-state index contributed by atoms with van der Waals surface area (Å²) in [6, 6.07) is 1.93. The molecule has 0 spiro atoms. The molecule has 0 aliphatic carbocycles. The normalized spacial score (nSPS) is 22.7. The summed E-state index contributed by atoms with van der Waals surface area (Å²) in [4.78, 5) is 26.1. The van der Waals surface area contributed by atoms with Gasteiger partial charge in [-0.25, -0.2) is 0 Å². The lowest BCUT2D eigenvalue weighted by Crippen LogP contribution is -2.50. The van der Waals surface area contributed by atoms with Crippen molar-refractivity contribution in [2.75, 3.05) is 33.4 Å². The lowest BCUT2D eigenvalue weighted by molar-refractivity contribution is -0.243. The number of thiocarbonyl (C=S) groups is 1. The van der Waals surface area contributed by atoms with E-state index in [1.807, 2.05) is 6.07 Å². The Kier molecular flexibility index (Phi) is 8.40. The molecule has 146 valence electrons. The van der Waals surface area contributed by atoms with E-state index < -0.39 is 35.5 Å². The van der Waals surface area contributed by atoms with Crippen molar-refractivity contribution < 1.29 is 23.8 Å². The van der Waals surface area contributed by atoms with Crippen LogP contribution in [0.4, 0.5) is 0 Å². The Balaban J connectivity index is 0.000000401. The van der Waals surface area contributed by atoms with Gasteiger partial charge in [0.25, 0.3) is 5.79 Å². The van der Waals surface area contributed by atoms with E-state index in [4.69, 9.17) is 37.4 Å². The Morgan fingerprint density at radius 2 is 1.85 bits per heavy atom. The Hall–Kier alpha value is -1.76. The van der Waals surface area contributed by atoms with Crippen molar-refractivity contribution in [3.63, 3.8) is 0 Å². The zero-order chi connectivity index (χ0) is 19.9. The largest absolute Gasteiger partial charge is 0.422 e. The van der Waals surface area contributed by atoms with Crippen LogP contribution >= 0.6 is 12.2 Å². The van der Waals surface area contributed by atoms with Crippen LogP contribution in [0.25, 0.3) is 0 Å². The molecule has 2 N–H and O–H groups in total. The Bertz CT molecular complexity index is 549. The zero-order valence-electron chi connectivity index (χ0n) is 15.7. The highest BCUT2D eigenvalue weighted by atomic mass is 32.1. The maximum absolute atomic E-state index is 11.9. The Morgan fingerprint density at radius 1 is 1.35 bits per heavy atom. The highest BCUT2D eigenvalue weighted by Crippen LogP contribution is 2.33. The quantitative estimate of drug-likeness (QED) is 0.427. The molecule has 0 saturated carbocycles. The van der Waals surface area contributed by atoms with Crippen LogP contribution in [-0.2, 0) is 23.8 Å². The standard InChI is InChI=1S/C12H16N2O4S.C5H11NO/c1-4-6(7(5-13)9(14)19)8-10(15)17-12(2,3)18-11(8)16;1-6-2-4-7-5-3-6/h6-8H,4H2,1-3H3,(H2,14,19);2-5H2,1H3. The third-order valence-electron chi connectivity index (χ3n) is 4.21. The summed E-state index contributed by atoms with van der Waals surface area (Å²) in [5.74, 6) is -5.36. The second-order valence-electron chi connectivity index (χ2n) is 6.72. The van der Waals surface area contributed by atoms with Crippen LogP contribution < -0.4 is 5.73 Å². The van der Waals surface area contributed by atoms with Crippen LogP contribution in [0.15, 0.2) is 0 Å². The van der Waals surface area contributed by atoms with Gasteiger partial charge in [-0.15, -0.1) is 0 Å². The van der Waals surface area contributed by atoms with Crippen molar-refractivity contribution in [3.05, 3.63) is 0 Å². The van der Waals surface area contributed by atoms with Crippen LogP contribution in [0, 0.1) is 29.1 Å². The molecular weight excluding hydrogens is 358 g/mol. The predicted molar refractivity (Wildman–Crippen MR) is 97.7 cm³/mol. The van der Waals surface area contributed by atoms with Gasteiger partial charge in [0.2, 0.25) is 0 Å². The number of nitrogens with two attached hydrogens (primary N) is 1. The molecule has 2 unspecified atom stereocenters. The molecule has 2 atom stereocenters. The van der Waals surface area contributed by atoms with Gasteiger partial charge in [0.05, 0.1) is 24.3 Å². The molecule has 0 aromatic heterocycles. The van der Waals surface area contributed by atoms with Gasteiger partial charge in [-0.1, -0.05) is 25.6 Å². The second kappa shape index (κ2) is 9.80. The average molecular weight is 385 g/mol. The molecule has 2 aliphatic heterocycles. The van der Waals surface area contributed by atoms with Crippen molar-refractivity contribution >= 4 is 29.1 Å². The number of nitriles is 1. The maximum Gasteiger partial charge on any atom is 0.323 e. The maximum atomic E-state index is 11.9. The monoisotopic (exact) mass is 385 g/mol. The molecule has 8 nitrogen and oxygen atoms in total. The summed E-state index contributed by atoms with van der Waals surface area (Å²) >= 11 is 4.80. The van der Waals surface area contributed by atoms with Gasteiger partial charge in [0.15, 0.2) is 5.92 Å². The first kappa shape index (κ1) is 22.3. The van der Waals surface area contributed by atoms with Crippen LogP contribution in [-0.4, -0.2) is 61.0 Å². The number of cyclic esters (lactones) is 2. The topological polar surface area (TPSA) is 115 Å². The Labute approximate surface area is 159 Å². The molecule has 0 amide bonds. The van der Waals surface area contributed by atoms with Crippen molar-refractivity contribution in [1.82, 2.24) is 4.90 Å². The van der Waals surface area contributed by atoms with Gasteiger partial charge in [-0.05, 0) is 7.05 Å². The SMILES string of the molecule is CCC(C(C#N)C(N)=S)C1C(=O)OC(C)(C)OC1=O.CN1CCOCC1. The van der Waals surface area contributed by atoms with Crippen LogP contribution in [0.2, 0.25) is 0 Å². The number of hydrogen-bond acceptors (Lipinski definition) is 8. The number of carbonyl (C=O) groups is 2. The summed E-state index contributed by atoms with van der Waals surface area (Å²) in [5.41, 5.74) is 5.48. The molecule has 9 heteroatoms. The summed E-state index contributed by atoms with van der Waals surface area (Å²) < 4.78 is 15.2. The highest BCUT2D eigenvalue weighted by Gasteiger charge is 2.49. The van der Waals surface area contributed by atoms with Crippen LogP contribution in [0.5, 0.6) is 0 Å². The van der Waals surface area contributed by atoms with Crippen molar-refractivity contribution in [2.24, 2.45) is 23.5 Å². The van der Waals surface area contributed by atoms with Crippen molar-refractivity contribution in [3.8, 4) is 6.07 Å². The van der Waals surface area contributed by atoms with Crippen LogP contribution in [0.3, 0.4) is 0 Å². The first-order chi connectivity index (χ1) is 12.1. The lowest BCUT2D eigenvalue weighted by Gasteiger charge is -2.36. The number of carbonyl (C=O) groups excluding carboxylic acids is 2. The highest BCUT2D eigenvalue weighted by molar-refractivity contribution is 7.80. The zero-order valence-corrected chi connectivity index (χ0v) is 16.5. The van der Waals surface area contributed by atoms with Crippen molar-refractivity contribution in [2.45, 2.75) is 33.0 Å². The van der Waals surface area contributed by atoms with E-state index >= 15 is 0 Å². The third-order valence-corrected chi connectivity index (χ3v) is 4.46. The summed E-state index contributed by atoms with van der Waals surface area (Å²) in [6.07, 6.45) is 0.380. The van der Waals surface area contributed by atoms with Crippen molar-refractivity contribution in [1.29, 1.82) is 5.26 Å². The molecule has 2 rings (SSSR count). The third kappa shape index (κ3) is 6.20. The number of nitrogens with zero attached hydrogens (tertiary/aromatic N) is 2. The van der Waals surface area contributed by atoms with Gasteiger partial charge in [-0.2, -0.15) is 5.26 Å². The van der Waals surface area contributed by atoms with Gasteiger partial charge in [0, 0.05) is 32.9 Å². The molecule has 2 heterocycles. The minimum atomic E-state index is -1.28.